The Kier molecular flexibility index (Phi) is 9.17. The number of aromatic hydroxyl groups is 3. The molecule has 0 bridgehead atoms. The van der Waals surface area contributed by atoms with Gasteiger partial charge in [-0.25, -0.2) is 0 Å². The van der Waals surface area contributed by atoms with E-state index in [2.05, 4.69) is 0 Å². The number of phenols is 3. The molecule has 2 saturated heterocycles. The Balaban J connectivity index is 1.32. The van der Waals surface area contributed by atoms with Crippen LogP contribution in [0.3, 0.4) is 0 Å². The molecular formula is C27H34O16. The Labute approximate surface area is 243 Å². The average molecular weight is 615 g/mol. The lowest BCUT2D eigenvalue weighted by molar-refractivity contribution is -0.352. The van der Waals surface area contributed by atoms with E-state index in [0.717, 1.165) is 6.07 Å². The molecule has 16 nitrogen and oxygen atoms in total. The summed E-state index contributed by atoms with van der Waals surface area (Å²) < 4.78 is 27.7. The van der Waals surface area contributed by atoms with Crippen LogP contribution in [0.5, 0.6) is 28.7 Å². The van der Waals surface area contributed by atoms with Crippen molar-refractivity contribution in [3.05, 3.63) is 41.5 Å². The second kappa shape index (κ2) is 12.5. The van der Waals surface area contributed by atoms with Gasteiger partial charge in [-0.15, -0.1) is 0 Å². The summed E-state index contributed by atoms with van der Waals surface area (Å²) in [5.74, 6) is -1.06. The van der Waals surface area contributed by atoms with Gasteiger partial charge in [0.1, 0.15) is 72.2 Å². The van der Waals surface area contributed by atoms with E-state index < -0.39 is 92.6 Å². The molecule has 0 unspecified atom stereocenters. The average Bonchev–Trinajstić information content (AvgIpc) is 2.97. The van der Waals surface area contributed by atoms with Crippen molar-refractivity contribution >= 4 is 0 Å². The molecule has 2 aromatic carbocycles. The summed E-state index contributed by atoms with van der Waals surface area (Å²) >= 11 is 0. The van der Waals surface area contributed by atoms with E-state index >= 15 is 0 Å². The molecule has 0 aliphatic carbocycles. The summed E-state index contributed by atoms with van der Waals surface area (Å²) in [6, 6.07) is 6.33. The van der Waals surface area contributed by atoms with E-state index in [4.69, 9.17) is 23.7 Å². The number of hydrogen-bond donors (Lipinski definition) is 11. The van der Waals surface area contributed by atoms with Gasteiger partial charge in [0.05, 0.1) is 19.3 Å². The van der Waals surface area contributed by atoms with Crippen LogP contribution in [-0.2, 0) is 20.6 Å². The first-order valence-corrected chi connectivity index (χ1v) is 13.4. The van der Waals surface area contributed by atoms with Crippen LogP contribution >= 0.6 is 0 Å². The molecule has 2 aromatic rings. The second-order valence-electron chi connectivity index (χ2n) is 10.6. The lowest BCUT2D eigenvalue weighted by atomic mass is 9.94. The lowest BCUT2D eigenvalue weighted by Crippen LogP contribution is -2.65. The highest BCUT2D eigenvalue weighted by molar-refractivity contribution is 5.52. The van der Waals surface area contributed by atoms with Gasteiger partial charge in [0, 0.05) is 24.1 Å². The van der Waals surface area contributed by atoms with E-state index in [1.807, 2.05) is 0 Å². The summed E-state index contributed by atoms with van der Waals surface area (Å²) in [7, 11) is 0. The highest BCUT2D eigenvalue weighted by atomic mass is 16.7. The first kappa shape index (κ1) is 31.4. The number of benzene rings is 2. The second-order valence-corrected chi connectivity index (χ2v) is 10.6. The number of ether oxygens (including phenoxy) is 5. The molecular weight excluding hydrogens is 580 g/mol. The molecule has 2 fully saturated rings. The first-order chi connectivity index (χ1) is 20.4. The Bertz CT molecular complexity index is 1270. The van der Waals surface area contributed by atoms with Gasteiger partial charge < -0.3 is 79.9 Å². The fourth-order valence-electron chi connectivity index (χ4n) is 5.33. The fourth-order valence-corrected chi connectivity index (χ4v) is 5.33. The molecule has 12 atom stereocenters. The molecule has 0 spiro atoms. The Morgan fingerprint density at radius 3 is 2.07 bits per heavy atom. The van der Waals surface area contributed by atoms with Crippen molar-refractivity contribution in [3.63, 3.8) is 0 Å². The van der Waals surface area contributed by atoms with Crippen LogP contribution in [0, 0.1) is 0 Å². The zero-order valence-corrected chi connectivity index (χ0v) is 22.4. The number of phenolic OH excluding ortho intramolecular Hbond substituents is 3. The molecule has 3 aliphatic heterocycles. The molecule has 16 heteroatoms. The third-order valence-corrected chi connectivity index (χ3v) is 7.70. The molecule has 0 saturated carbocycles. The van der Waals surface area contributed by atoms with E-state index in [9.17, 15) is 56.2 Å². The van der Waals surface area contributed by atoms with Gasteiger partial charge in [-0.1, -0.05) is 6.07 Å². The first-order valence-electron chi connectivity index (χ1n) is 13.4. The Morgan fingerprint density at radius 2 is 1.40 bits per heavy atom. The smallest absolute Gasteiger partial charge is 0.229 e. The van der Waals surface area contributed by atoms with Crippen molar-refractivity contribution in [1.29, 1.82) is 0 Å². The maximum Gasteiger partial charge on any atom is 0.229 e. The van der Waals surface area contributed by atoms with Gasteiger partial charge in [0.25, 0.3) is 0 Å². The van der Waals surface area contributed by atoms with Crippen molar-refractivity contribution in [2.75, 3.05) is 13.2 Å². The molecule has 5 rings (SSSR count). The topological polar surface area (TPSA) is 269 Å². The molecule has 43 heavy (non-hydrogen) atoms. The Hall–Kier alpha value is -3.00. The maximum absolute atomic E-state index is 11.0. The molecule has 238 valence electrons. The van der Waals surface area contributed by atoms with Crippen LogP contribution in [0.25, 0.3) is 0 Å². The normalized spacial score (nSPS) is 37.8. The summed E-state index contributed by atoms with van der Waals surface area (Å²) in [6.45, 7) is -1.51. The molecule has 0 amide bonds. The molecule has 0 radical (unpaired) electrons. The summed E-state index contributed by atoms with van der Waals surface area (Å²) in [5.41, 5.74) is 0.596. The highest BCUT2D eigenvalue weighted by Crippen LogP contribution is 2.43. The number of aliphatic hydroxyl groups excluding tert-OH is 8. The van der Waals surface area contributed by atoms with Gasteiger partial charge in [-0.3, -0.25) is 0 Å². The number of hydrogen-bond acceptors (Lipinski definition) is 16. The zero-order valence-electron chi connectivity index (χ0n) is 22.4. The van der Waals surface area contributed by atoms with Gasteiger partial charge in [0.2, 0.25) is 6.29 Å². The number of rotatable bonds is 7. The summed E-state index contributed by atoms with van der Waals surface area (Å²) in [6.07, 6.45) is -18.8. The zero-order chi connectivity index (χ0) is 31.2. The van der Waals surface area contributed by atoms with Crippen molar-refractivity contribution < 1.29 is 79.9 Å². The largest absolute Gasteiger partial charge is 0.508 e. The minimum absolute atomic E-state index is 0.00601. The minimum atomic E-state index is -1.85. The molecule has 3 aliphatic rings. The van der Waals surface area contributed by atoms with Crippen LogP contribution in [0.15, 0.2) is 30.3 Å². The fraction of sp³-hybridized carbons (Fsp3) is 0.556. The monoisotopic (exact) mass is 614 g/mol. The van der Waals surface area contributed by atoms with Crippen LogP contribution in [0.2, 0.25) is 0 Å². The summed E-state index contributed by atoms with van der Waals surface area (Å²) in [4.78, 5) is 0. The van der Waals surface area contributed by atoms with Crippen molar-refractivity contribution in [1.82, 2.24) is 0 Å². The predicted molar refractivity (Wildman–Crippen MR) is 138 cm³/mol. The Morgan fingerprint density at radius 1 is 0.721 bits per heavy atom. The third kappa shape index (κ3) is 6.04. The van der Waals surface area contributed by atoms with Crippen LogP contribution in [0.4, 0.5) is 0 Å². The van der Waals surface area contributed by atoms with Gasteiger partial charge in [-0.05, 0) is 17.7 Å². The highest BCUT2D eigenvalue weighted by Gasteiger charge is 2.51. The van der Waals surface area contributed by atoms with Gasteiger partial charge in [-0.2, -0.15) is 0 Å². The van der Waals surface area contributed by atoms with E-state index in [1.165, 1.54) is 24.3 Å². The third-order valence-electron chi connectivity index (χ3n) is 7.70. The number of fused-ring (bicyclic) bond motifs is 1. The van der Waals surface area contributed by atoms with Gasteiger partial charge >= 0.3 is 0 Å². The minimum Gasteiger partial charge on any atom is -0.508 e. The number of aliphatic hydroxyl groups is 8. The van der Waals surface area contributed by atoms with Crippen molar-refractivity contribution in [2.24, 2.45) is 0 Å². The van der Waals surface area contributed by atoms with E-state index in [-0.39, 0.29) is 29.4 Å². The standard InChI is InChI=1S/C27H34O16/c28-7-17-19(34)21(36)22(37)26(41-17)43-25-20(35)18(8-29)42-27(23(25)38)40-15-2-1-9(3-13(15)32)24-14(33)6-11-12(31)4-10(30)5-16(11)39-24/h1-5,14,17-38H,6-8H2/t14-,17+,18+,19+,20+,21-,22+,23+,24+,25-,26+,27-/m0/s1. The maximum atomic E-state index is 11.0. The van der Waals surface area contributed by atoms with Crippen molar-refractivity contribution in [3.8, 4) is 28.7 Å². The van der Waals surface area contributed by atoms with Crippen LogP contribution in [0.1, 0.15) is 17.2 Å². The van der Waals surface area contributed by atoms with E-state index in [1.54, 1.807) is 0 Å². The molecule has 11 N–H and O–H groups in total. The summed E-state index contributed by atoms with van der Waals surface area (Å²) in [5, 5.41) is 112. The van der Waals surface area contributed by atoms with Crippen LogP contribution < -0.4 is 9.47 Å². The molecule has 0 aromatic heterocycles. The lowest BCUT2D eigenvalue weighted by Gasteiger charge is -2.45. The SMILES string of the molecule is OC[C@H]1O[C@H](O[C@@H]2[C@@H](O)[C@@H](Oc3ccc([C@H]4Oc5cc(O)cc(O)c5C[C@@H]4O)cc3O)O[C@H](CO)[C@H]2O)[C@H](O)[C@@H](O)[C@@H]1O. The molecule has 3 heterocycles. The van der Waals surface area contributed by atoms with Gasteiger partial charge in [0.15, 0.2) is 17.8 Å². The van der Waals surface area contributed by atoms with Crippen molar-refractivity contribution in [2.45, 2.75) is 80.0 Å². The van der Waals surface area contributed by atoms with Crippen LogP contribution in [-0.4, -0.2) is 137 Å². The van der Waals surface area contributed by atoms with E-state index in [0.29, 0.717) is 11.1 Å². The quantitative estimate of drug-likeness (QED) is 0.147. The predicted octanol–water partition coefficient (Wildman–Crippen LogP) is -3.16.